The third-order valence-electron chi connectivity index (χ3n) is 6.43. The first-order chi connectivity index (χ1) is 18.2. The van der Waals surface area contributed by atoms with Gasteiger partial charge in [-0.25, -0.2) is 0 Å². The van der Waals surface area contributed by atoms with E-state index in [-0.39, 0.29) is 18.3 Å². The van der Waals surface area contributed by atoms with E-state index in [9.17, 15) is 4.79 Å². The Hall–Kier alpha value is -3.71. The van der Waals surface area contributed by atoms with E-state index in [1.54, 1.807) is 4.90 Å². The molecule has 0 unspecified atom stereocenters. The Morgan fingerprint density at radius 3 is 2.50 bits per heavy atom. The fraction of sp³-hybridized carbons (Fsp3) is 0.226. The van der Waals surface area contributed by atoms with Crippen molar-refractivity contribution in [1.29, 1.82) is 0 Å². The Bertz CT molecular complexity index is 1360. The number of fused-ring (bicyclic) bond motifs is 1. The number of halogens is 1. The first kappa shape index (κ1) is 27.3. The SMILES string of the molecule is Cl.NCCOCCOc1cccc(N2C(=O)Cc3ccc(-c4cncc(CCc5ccccc5)c4)cc32)c1. The summed E-state index contributed by atoms with van der Waals surface area (Å²) < 4.78 is 11.2. The lowest BCUT2D eigenvalue weighted by molar-refractivity contribution is -0.116. The van der Waals surface area contributed by atoms with Gasteiger partial charge in [0.15, 0.2) is 0 Å². The van der Waals surface area contributed by atoms with Gasteiger partial charge in [0.2, 0.25) is 5.91 Å². The number of ether oxygens (including phenoxy) is 2. The number of amides is 1. The summed E-state index contributed by atoms with van der Waals surface area (Å²) in [4.78, 5) is 19.3. The maximum absolute atomic E-state index is 13.0. The molecule has 6 nitrogen and oxygen atoms in total. The molecule has 1 aliphatic heterocycles. The van der Waals surface area contributed by atoms with Crippen molar-refractivity contribution in [3.8, 4) is 16.9 Å². The molecule has 0 bridgehead atoms. The zero-order valence-electron chi connectivity index (χ0n) is 21.2. The highest BCUT2D eigenvalue weighted by atomic mass is 35.5. The summed E-state index contributed by atoms with van der Waals surface area (Å²) >= 11 is 0. The lowest BCUT2D eigenvalue weighted by Gasteiger charge is -2.19. The van der Waals surface area contributed by atoms with Gasteiger partial charge in [0, 0.05) is 30.6 Å². The van der Waals surface area contributed by atoms with E-state index in [1.807, 2.05) is 48.8 Å². The van der Waals surface area contributed by atoms with Gasteiger partial charge in [-0.1, -0.05) is 48.5 Å². The number of hydrogen-bond donors (Lipinski definition) is 1. The second-order valence-corrected chi connectivity index (χ2v) is 9.06. The van der Waals surface area contributed by atoms with Crippen LogP contribution in [0.5, 0.6) is 5.75 Å². The molecule has 2 heterocycles. The highest BCUT2D eigenvalue weighted by Gasteiger charge is 2.29. The van der Waals surface area contributed by atoms with Gasteiger partial charge in [-0.05, 0) is 59.4 Å². The summed E-state index contributed by atoms with van der Waals surface area (Å²) in [6.45, 7) is 1.89. The van der Waals surface area contributed by atoms with Crippen LogP contribution in [0.3, 0.4) is 0 Å². The molecule has 3 aromatic carbocycles. The number of benzene rings is 3. The van der Waals surface area contributed by atoms with E-state index in [0.29, 0.717) is 38.5 Å². The molecular formula is C31H32ClN3O3. The van der Waals surface area contributed by atoms with Crippen molar-refractivity contribution in [2.45, 2.75) is 19.3 Å². The topological polar surface area (TPSA) is 77.7 Å². The lowest BCUT2D eigenvalue weighted by atomic mass is 10.00. The van der Waals surface area contributed by atoms with Crippen LogP contribution in [0.15, 0.2) is 91.3 Å². The summed E-state index contributed by atoms with van der Waals surface area (Å²) in [5.74, 6) is 0.742. The number of aryl methyl sites for hydroxylation is 2. The van der Waals surface area contributed by atoms with Crippen LogP contribution in [0.2, 0.25) is 0 Å². The smallest absolute Gasteiger partial charge is 0.236 e. The van der Waals surface area contributed by atoms with E-state index < -0.39 is 0 Å². The standard InChI is InChI=1S/C31H31N3O3.ClH/c32-13-14-36-15-16-37-29-8-4-7-28(20-29)34-30-18-25(11-12-26(30)19-31(34)35)27-17-24(21-33-22-27)10-9-23-5-2-1-3-6-23;/h1-8,11-12,17-18,20-22H,9-10,13-16,19,32H2;1H. The third kappa shape index (κ3) is 6.58. The van der Waals surface area contributed by atoms with Crippen molar-refractivity contribution in [2.75, 3.05) is 31.3 Å². The van der Waals surface area contributed by atoms with Crippen molar-refractivity contribution >= 4 is 29.7 Å². The van der Waals surface area contributed by atoms with E-state index in [1.165, 1.54) is 11.1 Å². The van der Waals surface area contributed by atoms with Crippen LogP contribution >= 0.6 is 12.4 Å². The van der Waals surface area contributed by atoms with Crippen LogP contribution < -0.4 is 15.4 Å². The Labute approximate surface area is 229 Å². The molecule has 0 saturated carbocycles. The Kier molecular flexibility index (Phi) is 9.49. The minimum atomic E-state index is 0. The fourth-order valence-corrected chi connectivity index (χ4v) is 4.59. The average Bonchev–Trinajstić information content (AvgIpc) is 3.27. The van der Waals surface area contributed by atoms with E-state index in [4.69, 9.17) is 15.2 Å². The second-order valence-electron chi connectivity index (χ2n) is 9.06. The molecule has 0 radical (unpaired) electrons. The van der Waals surface area contributed by atoms with Gasteiger partial charge in [0.25, 0.3) is 0 Å². The molecule has 1 aliphatic rings. The molecule has 0 atom stereocenters. The van der Waals surface area contributed by atoms with Crippen molar-refractivity contribution in [1.82, 2.24) is 4.98 Å². The molecule has 7 heteroatoms. The van der Waals surface area contributed by atoms with E-state index >= 15 is 0 Å². The largest absolute Gasteiger partial charge is 0.491 e. The van der Waals surface area contributed by atoms with Gasteiger partial charge in [-0.3, -0.25) is 14.7 Å². The Morgan fingerprint density at radius 1 is 0.816 bits per heavy atom. The molecule has 1 aromatic heterocycles. The van der Waals surface area contributed by atoms with Crippen molar-refractivity contribution < 1.29 is 14.3 Å². The molecule has 0 fully saturated rings. The van der Waals surface area contributed by atoms with Gasteiger partial charge in [0.1, 0.15) is 12.4 Å². The first-order valence-corrected chi connectivity index (χ1v) is 12.7. The monoisotopic (exact) mass is 529 g/mol. The van der Waals surface area contributed by atoms with Crippen molar-refractivity contribution in [3.05, 3.63) is 108 Å². The highest BCUT2D eigenvalue weighted by molar-refractivity contribution is 6.08. The molecule has 5 rings (SSSR count). The molecule has 0 saturated heterocycles. The molecule has 1 amide bonds. The van der Waals surface area contributed by atoms with Crippen molar-refractivity contribution in [3.63, 3.8) is 0 Å². The minimum absolute atomic E-state index is 0. The van der Waals surface area contributed by atoms with Crippen LogP contribution in [0.25, 0.3) is 11.1 Å². The summed E-state index contributed by atoms with van der Waals surface area (Å²) in [6, 6.07) is 26.5. The van der Waals surface area contributed by atoms with Crippen LogP contribution in [0, 0.1) is 0 Å². The molecule has 2 N–H and O–H groups in total. The predicted molar refractivity (Wildman–Crippen MR) is 153 cm³/mol. The number of rotatable bonds is 11. The third-order valence-corrected chi connectivity index (χ3v) is 6.43. The summed E-state index contributed by atoms with van der Waals surface area (Å²) in [5, 5.41) is 0. The normalized spacial score (nSPS) is 12.2. The summed E-state index contributed by atoms with van der Waals surface area (Å²) in [6.07, 6.45) is 6.09. The molecular weight excluding hydrogens is 498 g/mol. The average molecular weight is 530 g/mol. The number of hydrogen-bond acceptors (Lipinski definition) is 5. The maximum Gasteiger partial charge on any atom is 0.236 e. The summed E-state index contributed by atoms with van der Waals surface area (Å²) in [5.41, 5.74) is 12.7. The summed E-state index contributed by atoms with van der Waals surface area (Å²) in [7, 11) is 0. The molecule has 38 heavy (non-hydrogen) atoms. The quantitative estimate of drug-likeness (QED) is 0.258. The Balaban J connectivity index is 0.00000336. The van der Waals surface area contributed by atoms with Crippen LogP contribution in [-0.2, 0) is 28.8 Å². The van der Waals surface area contributed by atoms with Crippen LogP contribution in [0.4, 0.5) is 11.4 Å². The zero-order chi connectivity index (χ0) is 25.5. The number of carbonyl (C=O) groups excluding carboxylic acids is 1. The zero-order valence-corrected chi connectivity index (χ0v) is 22.0. The fourth-order valence-electron chi connectivity index (χ4n) is 4.59. The van der Waals surface area contributed by atoms with Gasteiger partial charge in [-0.2, -0.15) is 0 Å². The maximum atomic E-state index is 13.0. The molecule has 0 spiro atoms. The van der Waals surface area contributed by atoms with Crippen LogP contribution in [-0.4, -0.2) is 37.3 Å². The molecule has 0 aliphatic carbocycles. The van der Waals surface area contributed by atoms with Gasteiger partial charge in [0.05, 0.1) is 31.0 Å². The number of nitrogens with two attached hydrogens (primary N) is 1. The Morgan fingerprint density at radius 2 is 1.66 bits per heavy atom. The van der Waals surface area contributed by atoms with Gasteiger partial charge >= 0.3 is 0 Å². The number of aromatic nitrogens is 1. The van der Waals surface area contributed by atoms with Crippen molar-refractivity contribution in [2.24, 2.45) is 5.73 Å². The van der Waals surface area contributed by atoms with E-state index in [0.717, 1.165) is 40.9 Å². The van der Waals surface area contributed by atoms with Gasteiger partial charge < -0.3 is 15.2 Å². The van der Waals surface area contributed by atoms with Gasteiger partial charge in [-0.15, -0.1) is 12.4 Å². The number of anilines is 2. The predicted octanol–water partition coefficient (Wildman–Crippen LogP) is 5.53. The lowest BCUT2D eigenvalue weighted by Crippen LogP contribution is -2.20. The number of carbonyl (C=O) groups is 1. The highest BCUT2D eigenvalue weighted by Crippen LogP contribution is 2.39. The first-order valence-electron chi connectivity index (χ1n) is 12.7. The number of nitrogens with zero attached hydrogens (tertiary/aromatic N) is 2. The molecule has 4 aromatic rings. The van der Waals surface area contributed by atoms with Crippen LogP contribution in [0.1, 0.15) is 16.7 Å². The minimum Gasteiger partial charge on any atom is -0.491 e. The number of pyridine rings is 1. The molecule has 196 valence electrons. The second kappa shape index (κ2) is 13.2. The van der Waals surface area contributed by atoms with E-state index in [2.05, 4.69) is 47.4 Å².